The molecule has 0 aromatic heterocycles. The van der Waals surface area contributed by atoms with E-state index < -0.39 is 0 Å². The molecule has 2 aromatic rings. The highest BCUT2D eigenvalue weighted by molar-refractivity contribution is 8.03. The van der Waals surface area contributed by atoms with E-state index in [4.69, 9.17) is 23.2 Å². The lowest BCUT2D eigenvalue weighted by Gasteiger charge is -2.25. The van der Waals surface area contributed by atoms with Crippen molar-refractivity contribution in [3.63, 3.8) is 0 Å². The summed E-state index contributed by atoms with van der Waals surface area (Å²) in [4.78, 5) is 24.4. The number of hydrogen-bond donors (Lipinski definition) is 2. The monoisotopic (exact) mass is 431 g/mol. The first-order valence-electron chi connectivity index (χ1n) is 8.34. The van der Waals surface area contributed by atoms with E-state index in [1.807, 2.05) is 30.3 Å². The molecule has 28 heavy (non-hydrogen) atoms. The molecule has 2 amide bonds. The molecule has 0 spiro atoms. The van der Waals surface area contributed by atoms with Crippen molar-refractivity contribution in [3.8, 4) is 6.07 Å². The van der Waals surface area contributed by atoms with Gasteiger partial charge in [-0.3, -0.25) is 9.59 Å². The number of hydrogen-bond acceptors (Lipinski definition) is 4. The van der Waals surface area contributed by atoms with E-state index in [9.17, 15) is 14.9 Å². The number of nitrogens with one attached hydrogen (secondary N) is 2. The number of halogens is 2. The van der Waals surface area contributed by atoms with Gasteiger partial charge in [-0.2, -0.15) is 5.26 Å². The van der Waals surface area contributed by atoms with Crippen LogP contribution in [0.5, 0.6) is 0 Å². The second kappa shape index (κ2) is 9.16. The highest BCUT2D eigenvalue weighted by atomic mass is 35.5. The lowest BCUT2D eigenvalue weighted by molar-refractivity contribution is -0.121. The van der Waals surface area contributed by atoms with Crippen LogP contribution in [-0.2, 0) is 9.59 Å². The first kappa shape index (κ1) is 20.3. The molecule has 142 valence electrons. The Morgan fingerprint density at radius 2 is 1.89 bits per heavy atom. The molecule has 2 N–H and O–H groups in total. The van der Waals surface area contributed by atoms with Crippen molar-refractivity contribution in [2.75, 3.05) is 11.1 Å². The number of allylic oxidation sites excluding steroid dienone is 1. The van der Waals surface area contributed by atoms with Gasteiger partial charge < -0.3 is 10.6 Å². The number of rotatable bonds is 5. The number of amides is 2. The Balaban J connectivity index is 1.74. The predicted molar refractivity (Wildman–Crippen MR) is 112 cm³/mol. The molecule has 1 atom stereocenters. The molecule has 2 aromatic carbocycles. The van der Waals surface area contributed by atoms with E-state index in [1.165, 1.54) is 0 Å². The number of thioether (sulfide) groups is 1. The first-order valence-corrected chi connectivity index (χ1v) is 10.1. The van der Waals surface area contributed by atoms with Crippen molar-refractivity contribution in [1.82, 2.24) is 5.32 Å². The van der Waals surface area contributed by atoms with Gasteiger partial charge in [-0.25, -0.2) is 0 Å². The fourth-order valence-corrected chi connectivity index (χ4v) is 4.27. The van der Waals surface area contributed by atoms with E-state index in [-0.39, 0.29) is 29.9 Å². The van der Waals surface area contributed by atoms with Gasteiger partial charge >= 0.3 is 0 Å². The molecule has 8 heteroatoms. The Hall–Kier alpha value is -2.46. The van der Waals surface area contributed by atoms with Crippen LogP contribution in [0.3, 0.4) is 0 Å². The van der Waals surface area contributed by atoms with Crippen molar-refractivity contribution < 1.29 is 9.59 Å². The summed E-state index contributed by atoms with van der Waals surface area (Å²) in [6.45, 7) is 0. The van der Waals surface area contributed by atoms with Crippen LogP contribution >= 0.6 is 35.0 Å². The van der Waals surface area contributed by atoms with Crippen LogP contribution in [0.1, 0.15) is 17.9 Å². The molecule has 0 unspecified atom stereocenters. The molecule has 0 radical (unpaired) electrons. The molecule has 0 aliphatic carbocycles. The zero-order valence-electron chi connectivity index (χ0n) is 14.5. The van der Waals surface area contributed by atoms with Crippen LogP contribution in [0.15, 0.2) is 59.1 Å². The van der Waals surface area contributed by atoms with Gasteiger partial charge in [-0.1, -0.05) is 65.3 Å². The Morgan fingerprint density at radius 3 is 2.54 bits per heavy atom. The maximum Gasteiger partial charge on any atom is 0.234 e. The van der Waals surface area contributed by atoms with Gasteiger partial charge in [-0.15, -0.1) is 0 Å². The summed E-state index contributed by atoms with van der Waals surface area (Å²) in [6, 6.07) is 16.3. The smallest absolute Gasteiger partial charge is 0.234 e. The summed E-state index contributed by atoms with van der Waals surface area (Å²) in [5.74, 6) is -0.786. The Kier molecular flexibility index (Phi) is 6.63. The van der Waals surface area contributed by atoms with E-state index in [0.29, 0.717) is 26.3 Å². The molecule has 0 saturated carbocycles. The highest BCUT2D eigenvalue weighted by Crippen LogP contribution is 2.35. The third-order valence-electron chi connectivity index (χ3n) is 4.05. The maximum absolute atomic E-state index is 12.3. The normalized spacial score (nSPS) is 16.3. The average molecular weight is 432 g/mol. The van der Waals surface area contributed by atoms with Crippen LogP contribution in [-0.4, -0.2) is 17.6 Å². The fraction of sp³-hybridized carbons (Fsp3) is 0.150. The van der Waals surface area contributed by atoms with Crippen molar-refractivity contribution >= 4 is 52.5 Å². The van der Waals surface area contributed by atoms with E-state index in [1.54, 1.807) is 18.2 Å². The summed E-state index contributed by atoms with van der Waals surface area (Å²) >= 11 is 13.0. The van der Waals surface area contributed by atoms with Crippen molar-refractivity contribution in [2.24, 2.45) is 0 Å². The molecule has 1 heterocycles. The van der Waals surface area contributed by atoms with Gasteiger partial charge in [0.2, 0.25) is 11.8 Å². The highest BCUT2D eigenvalue weighted by Gasteiger charge is 2.29. The summed E-state index contributed by atoms with van der Waals surface area (Å²) in [5, 5.41) is 16.3. The number of carbonyl (C=O) groups is 2. The quantitative estimate of drug-likeness (QED) is 0.718. The zero-order valence-corrected chi connectivity index (χ0v) is 16.9. The predicted octanol–water partition coefficient (Wildman–Crippen LogP) is 4.70. The largest absolute Gasteiger partial charge is 0.325 e. The van der Waals surface area contributed by atoms with E-state index in [0.717, 1.165) is 17.3 Å². The van der Waals surface area contributed by atoms with E-state index >= 15 is 0 Å². The first-order chi connectivity index (χ1) is 13.5. The molecule has 5 nitrogen and oxygen atoms in total. The minimum atomic E-state index is -0.322. The number of anilines is 1. The summed E-state index contributed by atoms with van der Waals surface area (Å²) in [5.41, 5.74) is 1.83. The van der Waals surface area contributed by atoms with Crippen molar-refractivity contribution in [1.29, 1.82) is 5.26 Å². The topological polar surface area (TPSA) is 82.0 Å². The van der Waals surface area contributed by atoms with E-state index in [2.05, 4.69) is 16.7 Å². The lowest BCUT2D eigenvalue weighted by atomic mass is 9.87. The number of nitriles is 1. The summed E-state index contributed by atoms with van der Waals surface area (Å²) < 4.78 is 0. The Bertz CT molecular complexity index is 966. The van der Waals surface area contributed by atoms with Crippen LogP contribution in [0.25, 0.3) is 0 Å². The second-order valence-corrected chi connectivity index (χ2v) is 7.92. The second-order valence-electron chi connectivity index (χ2n) is 6.07. The molecule has 0 saturated heterocycles. The van der Waals surface area contributed by atoms with Gasteiger partial charge in [0.15, 0.2) is 0 Å². The van der Waals surface area contributed by atoms with Crippen LogP contribution in [0, 0.1) is 11.3 Å². The zero-order chi connectivity index (χ0) is 20.1. The SMILES string of the molecule is N#CC1=C(SCC(=O)Nc2cc(Cl)cc(Cl)c2)NC(=O)C[C@@H]1c1ccccc1. The molecule has 3 rings (SSSR count). The average Bonchev–Trinajstić information content (AvgIpc) is 2.65. The summed E-state index contributed by atoms with van der Waals surface area (Å²) in [7, 11) is 0. The molecule has 0 bridgehead atoms. The van der Waals surface area contributed by atoms with Gasteiger partial charge in [0.05, 0.1) is 22.4 Å². The molecule has 0 fully saturated rings. The molecule has 1 aliphatic rings. The minimum absolute atomic E-state index is 0.0203. The standard InChI is InChI=1S/C20H15Cl2N3O2S/c21-13-6-14(22)8-15(7-13)24-19(27)11-28-20-17(10-23)16(9-18(26)25-20)12-4-2-1-3-5-12/h1-8,16H,9,11H2,(H,24,27)(H,25,26)/t16-/m1/s1. The summed E-state index contributed by atoms with van der Waals surface area (Å²) in [6.07, 6.45) is 0.199. The van der Waals surface area contributed by atoms with Gasteiger partial charge in [0.25, 0.3) is 0 Å². The number of nitrogens with zero attached hydrogens (tertiary/aromatic N) is 1. The fourth-order valence-electron chi connectivity index (χ4n) is 2.86. The third-order valence-corrected chi connectivity index (χ3v) is 5.51. The Morgan fingerprint density at radius 1 is 1.21 bits per heavy atom. The van der Waals surface area contributed by atoms with Gasteiger partial charge in [0.1, 0.15) is 0 Å². The molecular formula is C20H15Cl2N3O2S. The Labute approximate surface area is 176 Å². The van der Waals surface area contributed by atoms with Crippen molar-refractivity contribution in [3.05, 3.63) is 74.7 Å². The minimum Gasteiger partial charge on any atom is -0.325 e. The van der Waals surface area contributed by atoms with Crippen LogP contribution < -0.4 is 10.6 Å². The van der Waals surface area contributed by atoms with Crippen LogP contribution in [0.2, 0.25) is 10.0 Å². The van der Waals surface area contributed by atoms with Gasteiger partial charge in [-0.05, 0) is 23.8 Å². The van der Waals surface area contributed by atoms with Crippen molar-refractivity contribution in [2.45, 2.75) is 12.3 Å². The molecular weight excluding hydrogens is 417 g/mol. The lowest BCUT2D eigenvalue weighted by Crippen LogP contribution is -2.31. The third kappa shape index (κ3) is 5.08. The number of benzene rings is 2. The van der Waals surface area contributed by atoms with Gasteiger partial charge in [0, 0.05) is 28.1 Å². The number of carbonyl (C=O) groups excluding carboxylic acids is 2. The maximum atomic E-state index is 12.3. The molecule has 1 aliphatic heterocycles. The van der Waals surface area contributed by atoms with Crippen LogP contribution in [0.4, 0.5) is 5.69 Å².